The standard InChI is InChI=1S/C12H16N2OS/c13-11-2-1-8-5-14(6-10(8)11)12(15)9-3-4-16-7-9/h3-4,7-8,10-11H,1-2,5-6,13H2/t8-,10+,11+/m0/s1. The van der Waals surface area contributed by atoms with Crippen molar-refractivity contribution in [3.63, 3.8) is 0 Å². The second-order valence-electron chi connectivity index (χ2n) is 4.89. The number of thiophene rings is 1. The number of likely N-dealkylation sites (tertiary alicyclic amines) is 1. The van der Waals surface area contributed by atoms with Crippen LogP contribution >= 0.6 is 11.3 Å². The summed E-state index contributed by atoms with van der Waals surface area (Å²) in [7, 11) is 0. The summed E-state index contributed by atoms with van der Waals surface area (Å²) in [5, 5.41) is 3.88. The van der Waals surface area contributed by atoms with Crippen molar-refractivity contribution in [3.05, 3.63) is 22.4 Å². The molecule has 0 spiro atoms. The van der Waals surface area contributed by atoms with Gasteiger partial charge in [-0.1, -0.05) is 0 Å². The number of carbonyl (C=O) groups excluding carboxylic acids is 1. The lowest BCUT2D eigenvalue weighted by atomic mass is 9.98. The first-order valence-electron chi connectivity index (χ1n) is 5.83. The van der Waals surface area contributed by atoms with E-state index in [4.69, 9.17) is 5.73 Å². The zero-order valence-electron chi connectivity index (χ0n) is 9.13. The van der Waals surface area contributed by atoms with Crippen LogP contribution in [0.15, 0.2) is 16.8 Å². The molecule has 1 saturated heterocycles. The van der Waals surface area contributed by atoms with E-state index in [1.54, 1.807) is 11.3 Å². The monoisotopic (exact) mass is 236 g/mol. The zero-order valence-corrected chi connectivity index (χ0v) is 9.95. The molecule has 2 aliphatic rings. The van der Waals surface area contributed by atoms with E-state index in [-0.39, 0.29) is 5.91 Å². The van der Waals surface area contributed by atoms with Gasteiger partial charge in [-0.05, 0) is 36.1 Å². The summed E-state index contributed by atoms with van der Waals surface area (Å²) in [4.78, 5) is 14.1. The molecule has 1 aromatic heterocycles. The molecule has 16 heavy (non-hydrogen) atoms. The average molecular weight is 236 g/mol. The maximum atomic E-state index is 12.1. The van der Waals surface area contributed by atoms with E-state index in [0.29, 0.717) is 17.9 Å². The van der Waals surface area contributed by atoms with E-state index >= 15 is 0 Å². The molecule has 3 atom stereocenters. The van der Waals surface area contributed by atoms with Gasteiger partial charge in [0.2, 0.25) is 0 Å². The Kier molecular flexibility index (Phi) is 2.48. The zero-order chi connectivity index (χ0) is 11.1. The number of nitrogens with zero attached hydrogens (tertiary/aromatic N) is 1. The molecule has 1 aliphatic carbocycles. The van der Waals surface area contributed by atoms with Crippen molar-refractivity contribution in [1.29, 1.82) is 0 Å². The predicted octanol–water partition coefficient (Wildman–Crippen LogP) is 1.56. The van der Waals surface area contributed by atoms with Gasteiger partial charge in [-0.25, -0.2) is 0 Å². The van der Waals surface area contributed by atoms with Crippen molar-refractivity contribution >= 4 is 17.2 Å². The first-order chi connectivity index (χ1) is 7.75. The Hall–Kier alpha value is -0.870. The molecular formula is C12H16N2OS. The normalized spacial score (nSPS) is 33.1. The van der Waals surface area contributed by atoms with Gasteiger partial charge in [-0.2, -0.15) is 11.3 Å². The van der Waals surface area contributed by atoms with Crippen LogP contribution in [-0.2, 0) is 0 Å². The van der Waals surface area contributed by atoms with E-state index in [2.05, 4.69) is 0 Å². The Balaban J connectivity index is 1.73. The Morgan fingerprint density at radius 3 is 3.00 bits per heavy atom. The molecule has 1 saturated carbocycles. The van der Waals surface area contributed by atoms with E-state index in [1.165, 1.54) is 6.42 Å². The molecule has 3 rings (SSSR count). The van der Waals surface area contributed by atoms with Crippen LogP contribution in [0.4, 0.5) is 0 Å². The summed E-state index contributed by atoms with van der Waals surface area (Å²) < 4.78 is 0. The van der Waals surface area contributed by atoms with E-state index in [0.717, 1.165) is 25.1 Å². The Labute approximate surface area is 99.2 Å². The molecule has 1 aromatic rings. The highest BCUT2D eigenvalue weighted by Gasteiger charge is 2.42. The number of fused-ring (bicyclic) bond motifs is 1. The van der Waals surface area contributed by atoms with Crippen molar-refractivity contribution < 1.29 is 4.79 Å². The maximum Gasteiger partial charge on any atom is 0.254 e. The van der Waals surface area contributed by atoms with Gasteiger partial charge >= 0.3 is 0 Å². The van der Waals surface area contributed by atoms with E-state index in [1.807, 2.05) is 21.7 Å². The highest BCUT2D eigenvalue weighted by Crippen LogP contribution is 2.37. The van der Waals surface area contributed by atoms with Gasteiger partial charge < -0.3 is 10.6 Å². The molecule has 86 valence electrons. The number of hydrogen-bond donors (Lipinski definition) is 1. The van der Waals surface area contributed by atoms with Crippen LogP contribution in [0.3, 0.4) is 0 Å². The van der Waals surface area contributed by atoms with Crippen molar-refractivity contribution in [1.82, 2.24) is 4.90 Å². The largest absolute Gasteiger partial charge is 0.338 e. The van der Waals surface area contributed by atoms with Gasteiger partial charge in [0.25, 0.3) is 5.91 Å². The smallest absolute Gasteiger partial charge is 0.254 e. The fourth-order valence-corrected chi connectivity index (χ4v) is 3.67. The van der Waals surface area contributed by atoms with Gasteiger partial charge in [0.15, 0.2) is 0 Å². The first kappa shape index (κ1) is 10.3. The minimum absolute atomic E-state index is 0.183. The van der Waals surface area contributed by atoms with Crippen molar-refractivity contribution in [2.75, 3.05) is 13.1 Å². The summed E-state index contributed by atoms with van der Waals surface area (Å²) in [6, 6.07) is 2.21. The van der Waals surface area contributed by atoms with Crippen LogP contribution in [0.1, 0.15) is 23.2 Å². The molecule has 3 nitrogen and oxygen atoms in total. The predicted molar refractivity (Wildman–Crippen MR) is 64.4 cm³/mol. The molecule has 2 fully saturated rings. The molecule has 2 N–H and O–H groups in total. The van der Waals surface area contributed by atoms with E-state index < -0.39 is 0 Å². The fourth-order valence-electron chi connectivity index (χ4n) is 3.04. The first-order valence-corrected chi connectivity index (χ1v) is 6.77. The van der Waals surface area contributed by atoms with Crippen LogP contribution in [-0.4, -0.2) is 29.9 Å². The highest BCUT2D eigenvalue weighted by atomic mass is 32.1. The number of nitrogens with two attached hydrogens (primary N) is 1. The van der Waals surface area contributed by atoms with Crippen LogP contribution < -0.4 is 5.73 Å². The Bertz CT molecular complexity index is 390. The van der Waals surface area contributed by atoms with Crippen LogP contribution in [0.5, 0.6) is 0 Å². The molecule has 0 unspecified atom stereocenters. The van der Waals surface area contributed by atoms with Crippen LogP contribution in [0.2, 0.25) is 0 Å². The summed E-state index contributed by atoms with van der Waals surface area (Å²) >= 11 is 1.58. The Morgan fingerprint density at radius 2 is 2.31 bits per heavy atom. The van der Waals surface area contributed by atoms with Gasteiger partial charge in [0, 0.05) is 24.5 Å². The van der Waals surface area contributed by atoms with Crippen molar-refractivity contribution in [2.24, 2.45) is 17.6 Å². The lowest BCUT2D eigenvalue weighted by Gasteiger charge is -2.18. The lowest BCUT2D eigenvalue weighted by Crippen LogP contribution is -2.33. The SMILES string of the molecule is N[C@@H]1CC[C@H]2CN(C(=O)c3ccsc3)C[C@H]21. The maximum absolute atomic E-state index is 12.1. The summed E-state index contributed by atoms with van der Waals surface area (Å²) in [5.41, 5.74) is 6.90. The average Bonchev–Trinajstić information content (AvgIpc) is 2.96. The second kappa shape index (κ2) is 3.86. The molecule has 0 bridgehead atoms. The van der Waals surface area contributed by atoms with Crippen molar-refractivity contribution in [2.45, 2.75) is 18.9 Å². The second-order valence-corrected chi connectivity index (χ2v) is 5.67. The van der Waals surface area contributed by atoms with Crippen LogP contribution in [0, 0.1) is 11.8 Å². The van der Waals surface area contributed by atoms with Gasteiger partial charge in [0.05, 0.1) is 5.56 Å². The molecule has 2 heterocycles. The Morgan fingerprint density at radius 1 is 1.44 bits per heavy atom. The minimum Gasteiger partial charge on any atom is -0.338 e. The third kappa shape index (κ3) is 1.57. The summed E-state index contributed by atoms with van der Waals surface area (Å²) in [5.74, 6) is 1.38. The third-order valence-corrected chi connectivity index (χ3v) is 4.65. The van der Waals surface area contributed by atoms with Gasteiger partial charge in [-0.3, -0.25) is 4.79 Å². The van der Waals surface area contributed by atoms with Gasteiger partial charge in [-0.15, -0.1) is 0 Å². The van der Waals surface area contributed by atoms with Crippen molar-refractivity contribution in [3.8, 4) is 0 Å². The highest BCUT2D eigenvalue weighted by molar-refractivity contribution is 7.08. The number of hydrogen-bond acceptors (Lipinski definition) is 3. The minimum atomic E-state index is 0.183. The van der Waals surface area contributed by atoms with Gasteiger partial charge in [0.1, 0.15) is 0 Å². The quantitative estimate of drug-likeness (QED) is 0.804. The molecule has 0 radical (unpaired) electrons. The molecule has 1 aliphatic heterocycles. The summed E-state index contributed by atoms with van der Waals surface area (Å²) in [6.07, 6.45) is 2.33. The third-order valence-electron chi connectivity index (χ3n) is 3.97. The molecule has 1 amide bonds. The lowest BCUT2D eigenvalue weighted by molar-refractivity contribution is 0.0780. The van der Waals surface area contributed by atoms with E-state index in [9.17, 15) is 4.79 Å². The molecule has 0 aromatic carbocycles. The fraction of sp³-hybridized carbons (Fsp3) is 0.583. The number of rotatable bonds is 1. The molecular weight excluding hydrogens is 220 g/mol. The summed E-state index contributed by atoms with van der Waals surface area (Å²) in [6.45, 7) is 1.77. The number of carbonyl (C=O) groups is 1. The molecule has 4 heteroatoms. The number of amides is 1. The topological polar surface area (TPSA) is 46.3 Å². The van der Waals surface area contributed by atoms with Crippen LogP contribution in [0.25, 0.3) is 0 Å².